The molecule has 0 unspecified atom stereocenters. The number of para-hydroxylation sites is 1. The number of aromatic amines is 1. The molecule has 0 radical (unpaired) electrons. The third-order valence-electron chi connectivity index (χ3n) is 3.25. The molecule has 1 aromatic heterocycles. The van der Waals surface area contributed by atoms with E-state index in [0.29, 0.717) is 11.5 Å². The van der Waals surface area contributed by atoms with E-state index in [4.69, 9.17) is 0 Å². The third kappa shape index (κ3) is 4.12. The summed E-state index contributed by atoms with van der Waals surface area (Å²) in [5.74, 6) is -0.245. The van der Waals surface area contributed by atoms with Crippen LogP contribution in [0.4, 0.5) is 18.9 Å². The van der Waals surface area contributed by atoms with Gasteiger partial charge in [0, 0.05) is 11.3 Å². The lowest BCUT2D eigenvalue weighted by Crippen LogP contribution is -2.34. The maximum Gasteiger partial charge on any atom is 0.418 e. The van der Waals surface area contributed by atoms with Crippen molar-refractivity contribution in [1.82, 2.24) is 15.4 Å². The van der Waals surface area contributed by atoms with Crippen molar-refractivity contribution < 1.29 is 18.0 Å². The van der Waals surface area contributed by atoms with Gasteiger partial charge in [0.15, 0.2) is 0 Å². The quantitative estimate of drug-likeness (QED) is 0.744. The van der Waals surface area contributed by atoms with Crippen molar-refractivity contribution in [2.45, 2.75) is 26.4 Å². The topological polar surface area (TPSA) is 86.9 Å². The van der Waals surface area contributed by atoms with Crippen LogP contribution in [0.3, 0.4) is 0 Å². The molecule has 24 heavy (non-hydrogen) atoms. The first-order chi connectivity index (χ1) is 11.2. The van der Waals surface area contributed by atoms with Gasteiger partial charge >= 0.3 is 6.18 Å². The van der Waals surface area contributed by atoms with Crippen LogP contribution >= 0.6 is 0 Å². The number of benzene rings is 1. The van der Waals surface area contributed by atoms with Crippen LogP contribution in [0.15, 0.2) is 29.1 Å². The largest absolute Gasteiger partial charge is 0.418 e. The van der Waals surface area contributed by atoms with Crippen molar-refractivity contribution in [3.63, 3.8) is 0 Å². The maximum absolute atomic E-state index is 12.9. The SMILES string of the molecule is Cc1nc(C)c(CC(=O)NNc2ccccc2C(F)(F)F)c(=O)[nH]1. The summed E-state index contributed by atoms with van der Waals surface area (Å²) in [5.41, 5.74) is 3.30. The van der Waals surface area contributed by atoms with Crippen LogP contribution in [-0.4, -0.2) is 15.9 Å². The molecule has 1 heterocycles. The van der Waals surface area contributed by atoms with E-state index in [0.717, 1.165) is 6.07 Å². The number of alkyl halides is 3. The Morgan fingerprint density at radius 3 is 2.54 bits per heavy atom. The molecule has 1 aromatic carbocycles. The second-order valence-electron chi connectivity index (χ2n) is 5.11. The van der Waals surface area contributed by atoms with Crippen LogP contribution in [0.2, 0.25) is 0 Å². The van der Waals surface area contributed by atoms with Crippen LogP contribution in [0, 0.1) is 13.8 Å². The summed E-state index contributed by atoms with van der Waals surface area (Å²) in [6.45, 7) is 3.19. The Labute approximate surface area is 135 Å². The molecular weight excluding hydrogens is 325 g/mol. The lowest BCUT2D eigenvalue weighted by Gasteiger charge is -2.15. The summed E-state index contributed by atoms with van der Waals surface area (Å²) in [6.07, 6.45) is -4.86. The first-order valence-corrected chi connectivity index (χ1v) is 6.96. The number of hydrogen-bond acceptors (Lipinski definition) is 4. The highest BCUT2D eigenvalue weighted by atomic mass is 19.4. The highest BCUT2D eigenvalue weighted by molar-refractivity contribution is 5.80. The van der Waals surface area contributed by atoms with Crippen LogP contribution < -0.4 is 16.4 Å². The van der Waals surface area contributed by atoms with Crippen LogP contribution in [-0.2, 0) is 17.4 Å². The molecule has 1 amide bonds. The molecule has 0 fully saturated rings. The number of halogens is 3. The number of aryl methyl sites for hydroxylation is 2. The minimum Gasteiger partial charge on any atom is -0.311 e. The number of hydrogen-bond donors (Lipinski definition) is 3. The molecule has 0 bridgehead atoms. The van der Waals surface area contributed by atoms with Gasteiger partial charge in [-0.15, -0.1) is 0 Å². The zero-order valence-corrected chi connectivity index (χ0v) is 12.9. The van der Waals surface area contributed by atoms with Gasteiger partial charge in [0.05, 0.1) is 17.7 Å². The summed E-state index contributed by atoms with van der Waals surface area (Å²) in [5, 5.41) is 0. The number of carbonyl (C=O) groups excluding carboxylic acids is 1. The van der Waals surface area contributed by atoms with Crippen molar-refractivity contribution in [2.75, 3.05) is 5.43 Å². The normalized spacial score (nSPS) is 11.2. The van der Waals surface area contributed by atoms with E-state index in [-0.39, 0.29) is 17.7 Å². The standard InChI is InChI=1S/C15H15F3N4O2/c1-8-10(14(24)20-9(2)19-8)7-13(23)22-21-12-6-4-3-5-11(12)15(16,17)18/h3-6,21H,7H2,1-2H3,(H,22,23)(H,19,20,24). The zero-order chi connectivity index (χ0) is 17.9. The van der Waals surface area contributed by atoms with Gasteiger partial charge in [-0.05, 0) is 26.0 Å². The number of nitrogens with one attached hydrogen (secondary N) is 3. The zero-order valence-electron chi connectivity index (χ0n) is 12.9. The maximum atomic E-state index is 12.9. The van der Waals surface area contributed by atoms with E-state index >= 15 is 0 Å². The van der Waals surface area contributed by atoms with E-state index in [1.807, 2.05) is 0 Å². The second-order valence-corrected chi connectivity index (χ2v) is 5.11. The van der Waals surface area contributed by atoms with E-state index in [1.165, 1.54) is 18.2 Å². The summed E-state index contributed by atoms with van der Waals surface area (Å²) in [6, 6.07) is 4.74. The van der Waals surface area contributed by atoms with Gasteiger partial charge in [-0.2, -0.15) is 13.2 Å². The average molecular weight is 340 g/mol. The predicted molar refractivity (Wildman–Crippen MR) is 81.2 cm³/mol. The Morgan fingerprint density at radius 1 is 1.25 bits per heavy atom. The van der Waals surface area contributed by atoms with Crippen LogP contribution in [0.5, 0.6) is 0 Å². The summed E-state index contributed by atoms with van der Waals surface area (Å²) >= 11 is 0. The molecule has 3 N–H and O–H groups in total. The third-order valence-corrected chi connectivity index (χ3v) is 3.25. The molecule has 6 nitrogen and oxygen atoms in total. The van der Waals surface area contributed by atoms with Gasteiger partial charge in [-0.3, -0.25) is 20.4 Å². The molecular formula is C15H15F3N4O2. The van der Waals surface area contributed by atoms with Crippen LogP contribution in [0.1, 0.15) is 22.6 Å². The van der Waals surface area contributed by atoms with Gasteiger partial charge in [0.25, 0.3) is 5.56 Å². The fourth-order valence-electron chi connectivity index (χ4n) is 2.14. The number of amides is 1. The first-order valence-electron chi connectivity index (χ1n) is 6.96. The Morgan fingerprint density at radius 2 is 1.92 bits per heavy atom. The molecule has 0 aliphatic rings. The molecule has 0 saturated carbocycles. The molecule has 128 valence electrons. The minimum absolute atomic E-state index is 0.156. The highest BCUT2D eigenvalue weighted by Crippen LogP contribution is 2.34. The Kier molecular flexibility index (Phi) is 4.91. The van der Waals surface area contributed by atoms with Crippen molar-refractivity contribution in [3.05, 3.63) is 57.3 Å². The number of H-pyrrole nitrogens is 1. The van der Waals surface area contributed by atoms with E-state index in [2.05, 4.69) is 20.8 Å². The number of carbonyl (C=O) groups is 1. The molecule has 0 saturated heterocycles. The van der Waals surface area contributed by atoms with Crippen LogP contribution in [0.25, 0.3) is 0 Å². The van der Waals surface area contributed by atoms with Crippen molar-refractivity contribution in [3.8, 4) is 0 Å². The predicted octanol–water partition coefficient (Wildman–Crippen LogP) is 2.09. The van der Waals surface area contributed by atoms with Gasteiger partial charge in [0.2, 0.25) is 5.91 Å². The van der Waals surface area contributed by atoms with Crippen molar-refractivity contribution in [2.24, 2.45) is 0 Å². The lowest BCUT2D eigenvalue weighted by atomic mass is 10.1. The first kappa shape index (κ1) is 17.5. The summed E-state index contributed by atoms with van der Waals surface area (Å²) in [7, 11) is 0. The number of anilines is 1. The van der Waals surface area contributed by atoms with Gasteiger partial charge < -0.3 is 4.98 Å². The Hall–Kier alpha value is -2.84. The molecule has 0 atom stereocenters. The lowest BCUT2D eigenvalue weighted by molar-refractivity contribution is -0.137. The number of rotatable bonds is 4. The Balaban J connectivity index is 2.09. The van der Waals surface area contributed by atoms with Gasteiger partial charge in [-0.25, -0.2) is 4.98 Å². The summed E-state index contributed by atoms with van der Waals surface area (Å²) < 4.78 is 38.6. The molecule has 2 rings (SSSR count). The van der Waals surface area contributed by atoms with E-state index in [9.17, 15) is 22.8 Å². The fraction of sp³-hybridized carbons (Fsp3) is 0.267. The Bertz CT molecular complexity index is 815. The smallest absolute Gasteiger partial charge is 0.311 e. The second kappa shape index (κ2) is 6.73. The number of aromatic nitrogens is 2. The van der Waals surface area contributed by atoms with Crippen molar-refractivity contribution >= 4 is 11.6 Å². The fourth-order valence-corrected chi connectivity index (χ4v) is 2.14. The molecule has 9 heteroatoms. The molecule has 2 aromatic rings. The summed E-state index contributed by atoms with van der Waals surface area (Å²) in [4.78, 5) is 30.2. The van der Waals surface area contributed by atoms with Gasteiger partial charge in [0.1, 0.15) is 5.82 Å². The average Bonchev–Trinajstić information content (AvgIpc) is 2.48. The van der Waals surface area contributed by atoms with Crippen molar-refractivity contribution in [1.29, 1.82) is 0 Å². The molecule has 0 aliphatic carbocycles. The minimum atomic E-state index is -4.55. The monoisotopic (exact) mass is 340 g/mol. The highest BCUT2D eigenvalue weighted by Gasteiger charge is 2.33. The molecule has 0 aliphatic heterocycles. The van der Waals surface area contributed by atoms with E-state index < -0.39 is 23.2 Å². The van der Waals surface area contributed by atoms with E-state index in [1.54, 1.807) is 13.8 Å². The molecule has 0 spiro atoms. The number of nitrogens with zero attached hydrogens (tertiary/aromatic N) is 1. The number of hydrazine groups is 1. The van der Waals surface area contributed by atoms with Gasteiger partial charge in [-0.1, -0.05) is 12.1 Å².